The molecule has 94 valence electrons. The number of para-hydroxylation sites is 1. The van der Waals surface area contributed by atoms with Gasteiger partial charge in [0.2, 0.25) is 0 Å². The largest absolute Gasteiger partial charge is 0.440 e. The molecule has 18 heavy (non-hydrogen) atoms. The van der Waals surface area contributed by atoms with Crippen LogP contribution in [0.15, 0.2) is 24.3 Å². The van der Waals surface area contributed by atoms with Gasteiger partial charge in [-0.2, -0.15) is 5.26 Å². The normalized spacial score (nSPS) is 22.7. The Bertz CT molecular complexity index is 509. The van der Waals surface area contributed by atoms with Gasteiger partial charge < -0.3 is 10.1 Å². The van der Waals surface area contributed by atoms with E-state index >= 15 is 0 Å². The number of nitrogens with zero attached hydrogens (tertiary/aromatic N) is 2. The van der Waals surface area contributed by atoms with Crippen molar-refractivity contribution in [1.82, 2.24) is 5.32 Å². The van der Waals surface area contributed by atoms with Crippen molar-refractivity contribution in [2.24, 2.45) is 0 Å². The molecule has 1 saturated heterocycles. The van der Waals surface area contributed by atoms with Crippen LogP contribution in [0, 0.1) is 11.3 Å². The van der Waals surface area contributed by atoms with E-state index in [0.717, 1.165) is 0 Å². The summed E-state index contributed by atoms with van der Waals surface area (Å²) in [6.07, 6.45) is -0.407. The van der Waals surface area contributed by atoms with Gasteiger partial charge in [-0.3, -0.25) is 4.90 Å². The van der Waals surface area contributed by atoms with E-state index in [-0.39, 0.29) is 0 Å². The molecule has 0 radical (unpaired) electrons. The Morgan fingerprint density at radius 2 is 2.28 bits per heavy atom. The van der Waals surface area contributed by atoms with Gasteiger partial charge in [-0.05, 0) is 26.1 Å². The fourth-order valence-corrected chi connectivity index (χ4v) is 2.15. The van der Waals surface area contributed by atoms with Crippen molar-refractivity contribution in [3.63, 3.8) is 0 Å². The Balaban J connectivity index is 2.30. The van der Waals surface area contributed by atoms with Gasteiger partial charge in [0.25, 0.3) is 0 Å². The average Bonchev–Trinajstić information content (AvgIpc) is 2.65. The SMILES string of the molecule is CNCC1(C)CN(c2ccccc2C#N)C(=O)O1. The molecule has 1 aliphatic heterocycles. The summed E-state index contributed by atoms with van der Waals surface area (Å²) in [6, 6.07) is 9.11. The van der Waals surface area contributed by atoms with Crippen molar-refractivity contribution in [2.45, 2.75) is 12.5 Å². The third kappa shape index (κ3) is 2.15. The molecule has 1 amide bonds. The molecule has 0 bridgehead atoms. The smallest absolute Gasteiger partial charge is 0.415 e. The summed E-state index contributed by atoms with van der Waals surface area (Å²) in [5.41, 5.74) is 0.516. The molecule has 5 nitrogen and oxygen atoms in total. The fourth-order valence-electron chi connectivity index (χ4n) is 2.15. The van der Waals surface area contributed by atoms with Gasteiger partial charge in [-0.25, -0.2) is 4.79 Å². The number of hydrogen-bond donors (Lipinski definition) is 1. The van der Waals surface area contributed by atoms with Crippen LogP contribution in [0.1, 0.15) is 12.5 Å². The Morgan fingerprint density at radius 1 is 1.56 bits per heavy atom. The standard InChI is InChI=1S/C13H15N3O2/c1-13(8-15-2)9-16(12(17)18-13)11-6-4-3-5-10(11)7-14/h3-6,15H,8-9H2,1-2H3. The van der Waals surface area contributed by atoms with Gasteiger partial charge in [0.1, 0.15) is 11.7 Å². The lowest BCUT2D eigenvalue weighted by molar-refractivity contribution is 0.0734. The van der Waals surface area contributed by atoms with Crippen molar-refractivity contribution >= 4 is 11.8 Å². The van der Waals surface area contributed by atoms with Crippen LogP contribution >= 0.6 is 0 Å². The monoisotopic (exact) mass is 245 g/mol. The van der Waals surface area contributed by atoms with Crippen LogP contribution < -0.4 is 10.2 Å². The quantitative estimate of drug-likeness (QED) is 0.876. The average molecular weight is 245 g/mol. The summed E-state index contributed by atoms with van der Waals surface area (Å²) in [5.74, 6) is 0. The number of nitriles is 1. The summed E-state index contributed by atoms with van der Waals surface area (Å²) in [7, 11) is 1.81. The summed E-state index contributed by atoms with van der Waals surface area (Å²) in [6.45, 7) is 2.88. The molecule has 0 saturated carbocycles. The molecule has 2 rings (SSSR count). The lowest BCUT2D eigenvalue weighted by Crippen LogP contribution is -2.40. The molecule has 0 spiro atoms. The zero-order chi connectivity index (χ0) is 13.2. The van der Waals surface area contributed by atoms with Crippen LogP contribution in [0.3, 0.4) is 0 Å². The van der Waals surface area contributed by atoms with Crippen molar-refractivity contribution in [3.8, 4) is 6.07 Å². The summed E-state index contributed by atoms with van der Waals surface area (Å²) >= 11 is 0. The van der Waals surface area contributed by atoms with E-state index in [0.29, 0.717) is 24.3 Å². The number of rotatable bonds is 3. The van der Waals surface area contributed by atoms with Gasteiger partial charge in [-0.15, -0.1) is 0 Å². The highest BCUT2D eigenvalue weighted by Crippen LogP contribution is 2.29. The minimum Gasteiger partial charge on any atom is -0.440 e. The number of ether oxygens (including phenoxy) is 1. The highest BCUT2D eigenvalue weighted by molar-refractivity contribution is 5.91. The van der Waals surface area contributed by atoms with Gasteiger partial charge in [-0.1, -0.05) is 12.1 Å². The minimum absolute atomic E-state index is 0.407. The second-order valence-corrected chi connectivity index (χ2v) is 4.56. The summed E-state index contributed by atoms with van der Waals surface area (Å²) in [4.78, 5) is 13.4. The number of cyclic esters (lactones) is 1. The van der Waals surface area contributed by atoms with E-state index in [1.807, 2.05) is 14.0 Å². The van der Waals surface area contributed by atoms with E-state index < -0.39 is 11.7 Å². The molecule has 1 N–H and O–H groups in total. The molecule has 1 unspecified atom stereocenters. The maximum Gasteiger partial charge on any atom is 0.415 e. The van der Waals surface area contributed by atoms with E-state index in [1.54, 1.807) is 24.3 Å². The molecule has 1 aromatic carbocycles. The van der Waals surface area contributed by atoms with Crippen LogP contribution in [-0.2, 0) is 4.74 Å². The molecule has 1 atom stereocenters. The molecule has 0 aromatic heterocycles. The predicted molar refractivity (Wildman–Crippen MR) is 67.3 cm³/mol. The Kier molecular flexibility index (Phi) is 3.21. The Morgan fingerprint density at radius 3 is 2.94 bits per heavy atom. The maximum absolute atomic E-state index is 11.9. The van der Waals surface area contributed by atoms with Crippen molar-refractivity contribution < 1.29 is 9.53 Å². The van der Waals surface area contributed by atoms with Crippen LogP contribution in [0.2, 0.25) is 0 Å². The summed E-state index contributed by atoms with van der Waals surface area (Å²) in [5, 5.41) is 12.1. The van der Waals surface area contributed by atoms with Crippen LogP contribution in [0.4, 0.5) is 10.5 Å². The number of carbonyl (C=O) groups excluding carboxylic acids is 1. The second-order valence-electron chi connectivity index (χ2n) is 4.56. The van der Waals surface area contributed by atoms with Gasteiger partial charge in [0.05, 0.1) is 17.8 Å². The van der Waals surface area contributed by atoms with E-state index in [9.17, 15) is 4.79 Å². The molecule has 1 aliphatic rings. The molecule has 1 fully saturated rings. The van der Waals surface area contributed by atoms with E-state index in [1.165, 1.54) is 4.90 Å². The van der Waals surface area contributed by atoms with Crippen molar-refractivity contribution in [1.29, 1.82) is 5.26 Å². The van der Waals surface area contributed by atoms with Gasteiger partial charge >= 0.3 is 6.09 Å². The second kappa shape index (κ2) is 4.67. The molecule has 0 aliphatic carbocycles. The van der Waals surface area contributed by atoms with Gasteiger partial charge in [0.15, 0.2) is 0 Å². The van der Waals surface area contributed by atoms with E-state index in [2.05, 4.69) is 11.4 Å². The minimum atomic E-state index is -0.561. The first-order chi connectivity index (χ1) is 8.59. The van der Waals surface area contributed by atoms with Crippen molar-refractivity contribution in [3.05, 3.63) is 29.8 Å². The lowest BCUT2D eigenvalue weighted by Gasteiger charge is -2.21. The third-order valence-corrected chi connectivity index (χ3v) is 2.91. The first-order valence-electron chi connectivity index (χ1n) is 5.74. The molecule has 1 aromatic rings. The zero-order valence-corrected chi connectivity index (χ0v) is 10.4. The zero-order valence-electron chi connectivity index (χ0n) is 10.4. The van der Waals surface area contributed by atoms with Gasteiger partial charge in [0, 0.05) is 6.54 Å². The highest BCUT2D eigenvalue weighted by atomic mass is 16.6. The number of likely N-dealkylation sites (N-methyl/N-ethyl adjacent to an activating group) is 1. The lowest BCUT2D eigenvalue weighted by atomic mass is 10.1. The number of hydrogen-bond acceptors (Lipinski definition) is 4. The highest BCUT2D eigenvalue weighted by Gasteiger charge is 2.42. The van der Waals surface area contributed by atoms with Crippen molar-refractivity contribution in [2.75, 3.05) is 25.0 Å². The van der Waals surface area contributed by atoms with E-state index in [4.69, 9.17) is 10.00 Å². The number of anilines is 1. The molecule has 5 heteroatoms. The first kappa shape index (κ1) is 12.4. The fraction of sp³-hybridized carbons (Fsp3) is 0.385. The number of amides is 1. The Labute approximate surface area is 106 Å². The number of benzene rings is 1. The number of carbonyl (C=O) groups is 1. The molecular formula is C13H15N3O2. The number of nitrogens with one attached hydrogen (secondary N) is 1. The van der Waals surface area contributed by atoms with Crippen LogP contribution in [0.25, 0.3) is 0 Å². The predicted octanol–water partition coefficient (Wildman–Crippen LogP) is 1.49. The maximum atomic E-state index is 11.9. The summed E-state index contributed by atoms with van der Waals surface area (Å²) < 4.78 is 5.37. The molecular weight excluding hydrogens is 230 g/mol. The van der Waals surface area contributed by atoms with Crippen LogP contribution in [0.5, 0.6) is 0 Å². The Hall–Kier alpha value is -2.06. The first-order valence-corrected chi connectivity index (χ1v) is 5.74. The third-order valence-electron chi connectivity index (χ3n) is 2.91. The molecule has 1 heterocycles. The van der Waals surface area contributed by atoms with Crippen LogP contribution in [-0.4, -0.2) is 31.8 Å². The topological polar surface area (TPSA) is 65.4 Å².